The van der Waals surface area contributed by atoms with Gasteiger partial charge in [0.1, 0.15) is 11.6 Å². The Morgan fingerprint density at radius 1 is 0.900 bits per heavy atom. The number of rotatable bonds is 3. The van der Waals surface area contributed by atoms with E-state index < -0.39 is 29.3 Å². The van der Waals surface area contributed by atoms with Crippen molar-refractivity contribution in [3.05, 3.63) is 69.2 Å². The predicted octanol–water partition coefficient (Wildman–Crippen LogP) is 4.31. The molecule has 6 heteroatoms. The number of nitrogens with one attached hydrogen (secondary N) is 1. The highest BCUT2D eigenvalue weighted by atomic mass is 79.9. The number of hydrogen-bond acceptors (Lipinski definition) is 1. The molecule has 0 saturated carbocycles. The molecule has 0 spiro atoms. The molecule has 0 heterocycles. The average Bonchev–Trinajstić information content (AvgIpc) is 2.40. The summed E-state index contributed by atoms with van der Waals surface area (Å²) in [6, 6.07) is 4.69. The maximum absolute atomic E-state index is 13.8. The summed E-state index contributed by atoms with van der Waals surface area (Å²) in [6.07, 6.45) is 0. The summed E-state index contributed by atoms with van der Waals surface area (Å²) in [5.74, 6) is -3.83. The van der Waals surface area contributed by atoms with Crippen LogP contribution in [0.2, 0.25) is 0 Å². The SMILES string of the molecule is CNC(c1ccc(Br)c(F)c1)c1cc(F)c(F)cc1F. The van der Waals surface area contributed by atoms with Crippen LogP contribution in [-0.2, 0) is 0 Å². The second-order valence-electron chi connectivity index (χ2n) is 4.18. The van der Waals surface area contributed by atoms with Gasteiger partial charge >= 0.3 is 0 Å². The first kappa shape index (κ1) is 15.0. The molecule has 0 radical (unpaired) electrons. The Labute approximate surface area is 121 Å². The molecular formula is C14H10BrF4N. The fourth-order valence-corrected chi connectivity index (χ4v) is 2.20. The Hall–Kier alpha value is -1.40. The Kier molecular flexibility index (Phi) is 4.45. The number of benzene rings is 2. The van der Waals surface area contributed by atoms with Crippen LogP contribution in [0, 0.1) is 23.3 Å². The Balaban J connectivity index is 2.52. The summed E-state index contributed by atoms with van der Waals surface area (Å²) in [5.41, 5.74) is 0.311. The zero-order valence-electron chi connectivity index (χ0n) is 10.4. The van der Waals surface area contributed by atoms with E-state index in [1.54, 1.807) is 6.07 Å². The summed E-state index contributed by atoms with van der Waals surface area (Å²) in [6.45, 7) is 0. The lowest BCUT2D eigenvalue weighted by molar-refractivity contribution is 0.483. The lowest BCUT2D eigenvalue weighted by Gasteiger charge is -2.18. The van der Waals surface area contributed by atoms with E-state index in [0.717, 1.165) is 6.07 Å². The molecule has 1 unspecified atom stereocenters. The second-order valence-corrected chi connectivity index (χ2v) is 5.04. The molecule has 0 fully saturated rings. The van der Waals surface area contributed by atoms with E-state index in [1.807, 2.05) is 0 Å². The first-order valence-electron chi connectivity index (χ1n) is 5.70. The van der Waals surface area contributed by atoms with Gasteiger partial charge in [0, 0.05) is 11.6 Å². The Morgan fingerprint density at radius 2 is 1.55 bits per heavy atom. The van der Waals surface area contributed by atoms with Crippen molar-refractivity contribution in [2.24, 2.45) is 0 Å². The number of halogens is 5. The van der Waals surface area contributed by atoms with E-state index in [4.69, 9.17) is 0 Å². The van der Waals surface area contributed by atoms with Crippen molar-refractivity contribution >= 4 is 15.9 Å². The maximum atomic E-state index is 13.8. The third-order valence-corrected chi connectivity index (χ3v) is 3.56. The van der Waals surface area contributed by atoms with Crippen LogP contribution in [0.25, 0.3) is 0 Å². The molecule has 0 aliphatic carbocycles. The molecule has 106 valence electrons. The van der Waals surface area contributed by atoms with Crippen molar-refractivity contribution in [3.63, 3.8) is 0 Å². The lowest BCUT2D eigenvalue weighted by Crippen LogP contribution is -2.19. The first-order chi connectivity index (χ1) is 9.43. The minimum Gasteiger partial charge on any atom is -0.309 e. The molecule has 1 nitrogen and oxygen atoms in total. The molecule has 0 aliphatic rings. The van der Waals surface area contributed by atoms with Gasteiger partial charge in [-0.3, -0.25) is 0 Å². The van der Waals surface area contributed by atoms with Gasteiger partial charge in [-0.1, -0.05) is 6.07 Å². The third kappa shape index (κ3) is 2.86. The highest BCUT2D eigenvalue weighted by Gasteiger charge is 2.20. The fraction of sp³-hybridized carbons (Fsp3) is 0.143. The van der Waals surface area contributed by atoms with E-state index >= 15 is 0 Å². The van der Waals surface area contributed by atoms with Crippen molar-refractivity contribution in [1.82, 2.24) is 5.32 Å². The van der Waals surface area contributed by atoms with Gasteiger partial charge in [0.05, 0.1) is 10.5 Å². The molecule has 0 saturated heterocycles. The molecule has 1 N–H and O–H groups in total. The average molecular weight is 348 g/mol. The van der Waals surface area contributed by atoms with Crippen LogP contribution in [0.5, 0.6) is 0 Å². The van der Waals surface area contributed by atoms with Gasteiger partial charge in [-0.2, -0.15) is 0 Å². The monoisotopic (exact) mass is 347 g/mol. The molecule has 0 bridgehead atoms. The van der Waals surface area contributed by atoms with E-state index in [9.17, 15) is 17.6 Å². The topological polar surface area (TPSA) is 12.0 Å². The van der Waals surface area contributed by atoms with Crippen LogP contribution in [0.3, 0.4) is 0 Å². The lowest BCUT2D eigenvalue weighted by atomic mass is 9.98. The highest BCUT2D eigenvalue weighted by Crippen LogP contribution is 2.28. The molecule has 1 atom stereocenters. The summed E-state index contributed by atoms with van der Waals surface area (Å²) in [4.78, 5) is 0. The summed E-state index contributed by atoms with van der Waals surface area (Å²) < 4.78 is 53.8. The molecular weight excluding hydrogens is 338 g/mol. The molecule has 0 aliphatic heterocycles. The van der Waals surface area contributed by atoms with Gasteiger partial charge in [0.15, 0.2) is 11.6 Å². The zero-order valence-corrected chi connectivity index (χ0v) is 11.9. The zero-order chi connectivity index (χ0) is 14.9. The van der Waals surface area contributed by atoms with Crippen LogP contribution in [0.1, 0.15) is 17.2 Å². The van der Waals surface area contributed by atoms with Crippen LogP contribution in [-0.4, -0.2) is 7.05 Å². The quantitative estimate of drug-likeness (QED) is 0.644. The molecule has 2 aromatic rings. The van der Waals surface area contributed by atoms with E-state index in [0.29, 0.717) is 11.6 Å². The first-order valence-corrected chi connectivity index (χ1v) is 6.50. The Morgan fingerprint density at radius 3 is 2.15 bits per heavy atom. The standard InChI is InChI=1S/C14H10BrF4N/c1-20-14(7-2-3-9(15)11(17)4-7)8-5-12(18)13(19)6-10(8)16/h2-6,14,20H,1H3. The fourth-order valence-electron chi connectivity index (χ4n) is 1.95. The van der Waals surface area contributed by atoms with Crippen molar-refractivity contribution in [3.8, 4) is 0 Å². The smallest absolute Gasteiger partial charge is 0.161 e. The van der Waals surface area contributed by atoms with Gasteiger partial charge in [0.25, 0.3) is 0 Å². The molecule has 0 amide bonds. The van der Waals surface area contributed by atoms with Gasteiger partial charge in [0.2, 0.25) is 0 Å². The van der Waals surface area contributed by atoms with E-state index in [1.165, 1.54) is 19.2 Å². The third-order valence-electron chi connectivity index (χ3n) is 2.92. The second kappa shape index (κ2) is 5.93. The van der Waals surface area contributed by atoms with Gasteiger partial charge < -0.3 is 5.32 Å². The van der Waals surface area contributed by atoms with E-state index in [2.05, 4.69) is 21.2 Å². The van der Waals surface area contributed by atoms with Crippen LogP contribution >= 0.6 is 15.9 Å². The normalized spacial score (nSPS) is 12.5. The summed E-state index contributed by atoms with van der Waals surface area (Å²) >= 11 is 3.01. The minimum atomic E-state index is -1.26. The highest BCUT2D eigenvalue weighted by molar-refractivity contribution is 9.10. The summed E-state index contributed by atoms with van der Waals surface area (Å²) in [5, 5.41) is 2.76. The van der Waals surface area contributed by atoms with Gasteiger partial charge in [-0.25, -0.2) is 17.6 Å². The van der Waals surface area contributed by atoms with Crippen molar-refractivity contribution < 1.29 is 17.6 Å². The van der Waals surface area contributed by atoms with Gasteiger partial charge in [-0.15, -0.1) is 0 Å². The molecule has 2 rings (SSSR count). The Bertz CT molecular complexity index is 645. The van der Waals surface area contributed by atoms with Crippen LogP contribution in [0.15, 0.2) is 34.8 Å². The largest absolute Gasteiger partial charge is 0.309 e. The van der Waals surface area contributed by atoms with Crippen LogP contribution in [0.4, 0.5) is 17.6 Å². The predicted molar refractivity (Wildman–Crippen MR) is 71.3 cm³/mol. The van der Waals surface area contributed by atoms with E-state index in [-0.39, 0.29) is 10.0 Å². The van der Waals surface area contributed by atoms with Crippen molar-refractivity contribution in [2.75, 3.05) is 7.05 Å². The molecule has 20 heavy (non-hydrogen) atoms. The van der Waals surface area contributed by atoms with Gasteiger partial charge in [-0.05, 0) is 46.7 Å². The molecule has 2 aromatic carbocycles. The van der Waals surface area contributed by atoms with Crippen molar-refractivity contribution in [2.45, 2.75) is 6.04 Å². The molecule has 0 aromatic heterocycles. The minimum absolute atomic E-state index is 0.0897. The van der Waals surface area contributed by atoms with Crippen molar-refractivity contribution in [1.29, 1.82) is 0 Å². The maximum Gasteiger partial charge on any atom is 0.161 e. The number of hydrogen-bond donors (Lipinski definition) is 1. The van der Waals surface area contributed by atoms with Crippen LogP contribution < -0.4 is 5.32 Å². The summed E-state index contributed by atoms with van der Waals surface area (Å²) in [7, 11) is 1.52.